The largest absolute Gasteiger partial charge is 0.416 e. The fraction of sp³-hybridized carbons (Fsp3) is 0.0185. The van der Waals surface area contributed by atoms with Gasteiger partial charge >= 0.3 is 6.18 Å². The fourth-order valence-corrected chi connectivity index (χ4v) is 8.80. The van der Waals surface area contributed by atoms with Crippen LogP contribution in [-0.4, -0.2) is 9.13 Å². The summed E-state index contributed by atoms with van der Waals surface area (Å²) in [5.74, 6) is 0. The zero-order valence-corrected chi connectivity index (χ0v) is 33.3. The third-order valence-corrected chi connectivity index (χ3v) is 11.6. The summed E-state index contributed by atoms with van der Waals surface area (Å²) in [6.07, 6.45) is -4.63. The minimum Gasteiger partial charge on any atom is -0.307 e. The number of alkyl halides is 3. The number of benzene rings is 8. The zero-order chi connectivity index (χ0) is 44.3. The quantitative estimate of drug-likeness (QED) is 0.171. The molecule has 10 aromatic rings. The molecule has 0 aliphatic heterocycles. The van der Waals surface area contributed by atoms with Gasteiger partial charge in [0.25, 0.3) is 0 Å². The Balaban J connectivity index is 1.35. The molecule has 7 nitrogen and oxygen atoms in total. The number of rotatable bonds is 5. The molecule has 0 fully saturated rings. The summed E-state index contributed by atoms with van der Waals surface area (Å²) in [6, 6.07) is 56.6. The molecule has 0 aliphatic rings. The van der Waals surface area contributed by atoms with Crippen molar-refractivity contribution in [2.24, 2.45) is 0 Å². The van der Waals surface area contributed by atoms with Crippen molar-refractivity contribution in [3.63, 3.8) is 0 Å². The number of hydrogen-bond acceptors (Lipinski definition) is 5. The lowest BCUT2D eigenvalue weighted by Crippen LogP contribution is -2.07. The van der Waals surface area contributed by atoms with E-state index < -0.39 is 11.7 Å². The van der Waals surface area contributed by atoms with Crippen LogP contribution in [0.5, 0.6) is 0 Å². The number of aromatic nitrogens is 2. The van der Waals surface area contributed by atoms with Crippen LogP contribution in [0, 0.1) is 56.7 Å². The highest BCUT2D eigenvalue weighted by Crippen LogP contribution is 2.43. The molecule has 298 valence electrons. The molecule has 0 spiro atoms. The summed E-state index contributed by atoms with van der Waals surface area (Å²) in [4.78, 5) is 0. The smallest absolute Gasteiger partial charge is 0.307 e. The highest BCUT2D eigenvalue weighted by molar-refractivity contribution is 6.13. The second-order valence-corrected chi connectivity index (χ2v) is 15.3. The summed E-state index contributed by atoms with van der Waals surface area (Å²) < 4.78 is 46.8. The molecule has 0 atom stereocenters. The van der Waals surface area contributed by atoms with Gasteiger partial charge in [-0.25, -0.2) is 0 Å². The fourth-order valence-electron chi connectivity index (χ4n) is 8.80. The molecule has 0 unspecified atom stereocenters. The van der Waals surface area contributed by atoms with E-state index in [0.717, 1.165) is 66.9 Å². The Kier molecular flexibility index (Phi) is 9.06. The van der Waals surface area contributed by atoms with Crippen LogP contribution in [0.2, 0.25) is 0 Å². The second-order valence-electron chi connectivity index (χ2n) is 15.3. The van der Waals surface area contributed by atoms with E-state index in [1.807, 2.05) is 94.1 Å². The standard InChI is InChI=1S/C54H26F3N7/c55-54(56,57)42-7-5-6-38(22-42)47-26-53(64-49-11-4-2-9-44(49)46-15-13-37(24-51(46)64)40-20-34(29-60)17-35(21-40)30-61)52(25-41(47)31-62)63-48-10-3-1-8-43(48)45-14-12-36(23-50(45)63)39-18-32(27-58)16-33(19-39)28-59/h1-26H. The highest BCUT2D eigenvalue weighted by Gasteiger charge is 2.31. The first kappa shape index (κ1) is 38.8. The van der Waals surface area contributed by atoms with Crippen molar-refractivity contribution in [1.29, 1.82) is 26.3 Å². The van der Waals surface area contributed by atoms with Crippen LogP contribution in [0.4, 0.5) is 13.2 Å². The normalized spacial score (nSPS) is 11.3. The van der Waals surface area contributed by atoms with E-state index in [-0.39, 0.29) is 16.7 Å². The number of halogens is 3. The van der Waals surface area contributed by atoms with E-state index in [1.165, 1.54) is 18.2 Å². The van der Waals surface area contributed by atoms with Gasteiger partial charge in [-0.2, -0.15) is 39.5 Å². The molecule has 8 aromatic carbocycles. The van der Waals surface area contributed by atoms with Crippen LogP contribution in [-0.2, 0) is 6.18 Å². The van der Waals surface area contributed by atoms with Crippen molar-refractivity contribution in [3.05, 3.63) is 191 Å². The molecule has 2 aromatic heterocycles. The van der Waals surface area contributed by atoms with Crippen molar-refractivity contribution >= 4 is 43.6 Å². The summed E-state index contributed by atoms with van der Waals surface area (Å²) in [7, 11) is 0. The van der Waals surface area contributed by atoms with Gasteiger partial charge in [-0.15, -0.1) is 0 Å². The van der Waals surface area contributed by atoms with Gasteiger partial charge in [-0.3, -0.25) is 0 Å². The van der Waals surface area contributed by atoms with Gasteiger partial charge in [0.15, 0.2) is 0 Å². The Bertz CT molecular complexity index is 3790. The van der Waals surface area contributed by atoms with Crippen molar-refractivity contribution in [3.8, 4) is 75.1 Å². The van der Waals surface area contributed by atoms with Crippen LogP contribution in [0.3, 0.4) is 0 Å². The van der Waals surface area contributed by atoms with Gasteiger partial charge in [0.1, 0.15) is 0 Å². The third kappa shape index (κ3) is 6.34. The number of nitrogens with zero attached hydrogens (tertiary/aromatic N) is 7. The first-order chi connectivity index (χ1) is 31.1. The minimum atomic E-state index is -4.63. The molecule has 10 rings (SSSR count). The summed E-state index contributed by atoms with van der Waals surface area (Å²) in [5.41, 5.74) is 7.93. The molecule has 0 bridgehead atoms. The number of fused-ring (bicyclic) bond motifs is 6. The van der Waals surface area contributed by atoms with E-state index in [0.29, 0.717) is 44.8 Å². The average Bonchev–Trinajstić information content (AvgIpc) is 3.84. The van der Waals surface area contributed by atoms with Gasteiger partial charge in [-0.1, -0.05) is 72.8 Å². The molecule has 0 N–H and O–H groups in total. The maximum atomic E-state index is 14.2. The van der Waals surface area contributed by atoms with E-state index in [1.54, 1.807) is 42.5 Å². The Morgan fingerprint density at radius 3 is 1.27 bits per heavy atom. The molecule has 0 amide bonds. The minimum absolute atomic E-state index is 0.138. The van der Waals surface area contributed by atoms with Gasteiger partial charge in [0.05, 0.1) is 97.2 Å². The summed E-state index contributed by atoms with van der Waals surface area (Å²) in [6.45, 7) is 0. The Morgan fingerprint density at radius 1 is 0.359 bits per heavy atom. The SMILES string of the molecule is N#Cc1cc(C#N)cc(-c2ccc3c4ccccc4n(-c4cc(C#N)c(-c5cccc(C(F)(F)F)c5)cc4-n4c5ccccc5c5ccc(-c6cc(C#N)cc(C#N)c6)cc54)c3c2)c1. The van der Waals surface area contributed by atoms with Gasteiger partial charge in [0.2, 0.25) is 0 Å². The lowest BCUT2D eigenvalue weighted by atomic mass is 9.96. The van der Waals surface area contributed by atoms with Gasteiger partial charge in [-0.05, 0) is 113 Å². The number of nitriles is 5. The number of para-hydroxylation sites is 2. The zero-order valence-electron chi connectivity index (χ0n) is 33.3. The molecule has 0 saturated carbocycles. The molecule has 0 aliphatic carbocycles. The van der Waals surface area contributed by atoms with Gasteiger partial charge in [0, 0.05) is 27.1 Å². The predicted molar refractivity (Wildman–Crippen MR) is 240 cm³/mol. The van der Waals surface area contributed by atoms with E-state index in [9.17, 15) is 39.5 Å². The third-order valence-electron chi connectivity index (χ3n) is 11.6. The van der Waals surface area contributed by atoms with Crippen LogP contribution >= 0.6 is 0 Å². The average molecular weight is 830 g/mol. The van der Waals surface area contributed by atoms with E-state index >= 15 is 0 Å². The molecule has 10 heteroatoms. The number of hydrogen-bond donors (Lipinski definition) is 0. The Hall–Kier alpha value is -9.40. The summed E-state index contributed by atoms with van der Waals surface area (Å²) in [5, 5.41) is 53.7. The van der Waals surface area contributed by atoms with Crippen LogP contribution in [0.1, 0.15) is 33.4 Å². The molecular weight excluding hydrogens is 804 g/mol. The first-order valence-corrected chi connectivity index (χ1v) is 19.8. The molecule has 2 heterocycles. The van der Waals surface area contributed by atoms with Crippen LogP contribution < -0.4 is 0 Å². The molecule has 64 heavy (non-hydrogen) atoms. The van der Waals surface area contributed by atoms with E-state index in [4.69, 9.17) is 0 Å². The van der Waals surface area contributed by atoms with Crippen molar-refractivity contribution < 1.29 is 13.2 Å². The Morgan fingerprint density at radius 2 is 0.812 bits per heavy atom. The molecule has 0 saturated heterocycles. The van der Waals surface area contributed by atoms with Crippen molar-refractivity contribution in [2.45, 2.75) is 6.18 Å². The maximum absolute atomic E-state index is 14.2. The monoisotopic (exact) mass is 829 g/mol. The van der Waals surface area contributed by atoms with Gasteiger partial charge < -0.3 is 9.13 Å². The maximum Gasteiger partial charge on any atom is 0.416 e. The van der Waals surface area contributed by atoms with Crippen molar-refractivity contribution in [2.75, 3.05) is 0 Å². The lowest BCUT2D eigenvalue weighted by Gasteiger charge is -2.20. The lowest BCUT2D eigenvalue weighted by molar-refractivity contribution is -0.137. The first-order valence-electron chi connectivity index (χ1n) is 19.8. The molecule has 0 radical (unpaired) electrons. The van der Waals surface area contributed by atoms with Crippen LogP contribution in [0.15, 0.2) is 158 Å². The van der Waals surface area contributed by atoms with Crippen molar-refractivity contribution in [1.82, 2.24) is 9.13 Å². The highest BCUT2D eigenvalue weighted by atomic mass is 19.4. The van der Waals surface area contributed by atoms with Crippen LogP contribution in [0.25, 0.3) is 88.4 Å². The Labute approximate surface area is 363 Å². The topological polar surface area (TPSA) is 129 Å². The molecular formula is C54H26F3N7. The predicted octanol–water partition coefficient (Wildman–Crippen LogP) is 13.3. The van der Waals surface area contributed by atoms with E-state index in [2.05, 4.69) is 30.3 Å². The summed E-state index contributed by atoms with van der Waals surface area (Å²) >= 11 is 0. The second kappa shape index (κ2) is 14.9.